The third-order valence-electron chi connectivity index (χ3n) is 2.33. The highest BCUT2D eigenvalue weighted by molar-refractivity contribution is 5.76. The van der Waals surface area contributed by atoms with Gasteiger partial charge in [-0.1, -0.05) is 0 Å². The molecule has 0 radical (unpaired) electrons. The summed E-state index contributed by atoms with van der Waals surface area (Å²) in [6, 6.07) is 2.25. The molecule has 1 heterocycles. The zero-order valence-corrected chi connectivity index (χ0v) is 8.30. The van der Waals surface area contributed by atoms with E-state index in [1.165, 1.54) is 0 Å². The van der Waals surface area contributed by atoms with Gasteiger partial charge in [-0.05, 0) is 6.92 Å². The normalized spacial score (nSPS) is 11.2. The summed E-state index contributed by atoms with van der Waals surface area (Å²) >= 11 is 0. The van der Waals surface area contributed by atoms with Crippen LogP contribution in [0.2, 0.25) is 0 Å². The first-order valence-corrected chi connectivity index (χ1v) is 4.65. The first-order valence-electron chi connectivity index (χ1n) is 4.65. The Hall–Kier alpha value is -1.49. The van der Waals surface area contributed by atoms with E-state index in [-0.39, 0.29) is 0 Å². The van der Waals surface area contributed by atoms with Crippen molar-refractivity contribution in [2.24, 2.45) is 5.73 Å². The monoisotopic (exact) mass is 211 g/mol. The molecule has 2 rings (SSSR count). The maximum Gasteiger partial charge on any atom is 0.161 e. The minimum atomic E-state index is -0.875. The second-order valence-corrected chi connectivity index (χ2v) is 3.35. The first kappa shape index (κ1) is 10.0. The van der Waals surface area contributed by atoms with Crippen LogP contribution in [0.5, 0.6) is 0 Å². The number of hydrogen-bond acceptors (Lipinski definition) is 2. The Bertz CT molecular complexity index is 505. The lowest BCUT2D eigenvalue weighted by Crippen LogP contribution is -2.11. The number of nitrogens with zero attached hydrogens (tertiary/aromatic N) is 2. The zero-order chi connectivity index (χ0) is 11.0. The second-order valence-electron chi connectivity index (χ2n) is 3.35. The van der Waals surface area contributed by atoms with Crippen molar-refractivity contribution >= 4 is 11.0 Å². The molecule has 0 aliphatic rings. The largest absolute Gasteiger partial charge is 0.329 e. The molecule has 0 fully saturated rings. The van der Waals surface area contributed by atoms with E-state index in [0.717, 1.165) is 12.1 Å². The molecule has 0 amide bonds. The lowest BCUT2D eigenvalue weighted by atomic mass is 10.3. The summed E-state index contributed by atoms with van der Waals surface area (Å²) in [7, 11) is 0. The molecule has 0 saturated heterocycles. The highest BCUT2D eigenvalue weighted by Gasteiger charge is 2.11. The molecular formula is C10H11F2N3. The SMILES string of the molecule is Cc1nc2cc(F)c(F)cc2n1CCN. The molecule has 0 saturated carbocycles. The molecule has 2 aromatic rings. The van der Waals surface area contributed by atoms with Crippen molar-refractivity contribution in [3.63, 3.8) is 0 Å². The summed E-state index contributed by atoms with van der Waals surface area (Å²) in [6.45, 7) is 2.77. The number of benzene rings is 1. The summed E-state index contributed by atoms with van der Waals surface area (Å²) in [4.78, 5) is 4.13. The molecule has 0 atom stereocenters. The van der Waals surface area contributed by atoms with Crippen LogP contribution in [0.4, 0.5) is 8.78 Å². The van der Waals surface area contributed by atoms with Gasteiger partial charge in [-0.15, -0.1) is 0 Å². The molecule has 80 valence electrons. The van der Waals surface area contributed by atoms with Crippen LogP contribution >= 0.6 is 0 Å². The molecule has 2 N–H and O–H groups in total. The number of fused-ring (bicyclic) bond motifs is 1. The summed E-state index contributed by atoms with van der Waals surface area (Å²) in [5.41, 5.74) is 6.47. The van der Waals surface area contributed by atoms with E-state index in [1.54, 1.807) is 11.5 Å². The molecule has 0 aliphatic heterocycles. The van der Waals surface area contributed by atoms with E-state index >= 15 is 0 Å². The van der Waals surface area contributed by atoms with E-state index in [9.17, 15) is 8.78 Å². The van der Waals surface area contributed by atoms with Crippen molar-refractivity contribution in [3.8, 4) is 0 Å². The van der Waals surface area contributed by atoms with Crippen LogP contribution in [0.3, 0.4) is 0 Å². The Kier molecular flexibility index (Phi) is 2.40. The third-order valence-corrected chi connectivity index (χ3v) is 2.33. The van der Waals surface area contributed by atoms with Crippen molar-refractivity contribution in [2.45, 2.75) is 13.5 Å². The van der Waals surface area contributed by atoms with Gasteiger partial charge in [0.25, 0.3) is 0 Å². The maximum absolute atomic E-state index is 13.0. The lowest BCUT2D eigenvalue weighted by Gasteiger charge is -2.03. The number of hydrogen-bond donors (Lipinski definition) is 1. The van der Waals surface area contributed by atoms with Crippen LogP contribution in [-0.4, -0.2) is 16.1 Å². The standard InChI is InChI=1S/C10H11F2N3/c1-6-14-9-4-7(11)8(12)5-10(9)15(6)3-2-13/h4-5H,2-3,13H2,1H3. The van der Waals surface area contributed by atoms with Gasteiger partial charge < -0.3 is 10.3 Å². The predicted molar refractivity (Wildman–Crippen MR) is 53.4 cm³/mol. The molecular weight excluding hydrogens is 200 g/mol. The van der Waals surface area contributed by atoms with E-state index < -0.39 is 11.6 Å². The van der Waals surface area contributed by atoms with Crippen molar-refractivity contribution in [2.75, 3.05) is 6.54 Å². The number of nitrogens with two attached hydrogens (primary N) is 1. The fourth-order valence-corrected chi connectivity index (χ4v) is 1.65. The Balaban J connectivity index is 2.70. The van der Waals surface area contributed by atoms with Gasteiger partial charge in [-0.25, -0.2) is 13.8 Å². The Morgan fingerprint density at radius 3 is 2.67 bits per heavy atom. The predicted octanol–water partition coefficient (Wildman–Crippen LogP) is 1.58. The fraction of sp³-hybridized carbons (Fsp3) is 0.300. The smallest absolute Gasteiger partial charge is 0.161 e. The maximum atomic E-state index is 13.0. The van der Waals surface area contributed by atoms with Gasteiger partial charge in [0, 0.05) is 25.2 Å². The van der Waals surface area contributed by atoms with Crippen LogP contribution < -0.4 is 5.73 Å². The molecule has 0 spiro atoms. The Morgan fingerprint density at radius 1 is 1.33 bits per heavy atom. The minimum absolute atomic E-state index is 0.436. The topological polar surface area (TPSA) is 43.8 Å². The van der Waals surface area contributed by atoms with Crippen LogP contribution in [0.15, 0.2) is 12.1 Å². The molecule has 15 heavy (non-hydrogen) atoms. The highest BCUT2D eigenvalue weighted by atomic mass is 19.2. The average Bonchev–Trinajstić information content (AvgIpc) is 2.46. The van der Waals surface area contributed by atoms with Gasteiger partial charge in [0.1, 0.15) is 5.82 Å². The lowest BCUT2D eigenvalue weighted by molar-refractivity contribution is 0.510. The van der Waals surface area contributed by atoms with E-state index in [0.29, 0.717) is 29.9 Å². The summed E-state index contributed by atoms with van der Waals surface area (Å²) in [5.74, 6) is -1.03. The number of imidazole rings is 1. The minimum Gasteiger partial charge on any atom is -0.329 e. The van der Waals surface area contributed by atoms with Crippen LogP contribution in [0, 0.1) is 18.6 Å². The molecule has 1 aromatic heterocycles. The Morgan fingerprint density at radius 2 is 2.00 bits per heavy atom. The molecule has 1 aromatic carbocycles. The van der Waals surface area contributed by atoms with Gasteiger partial charge >= 0.3 is 0 Å². The molecule has 0 unspecified atom stereocenters. The highest BCUT2D eigenvalue weighted by Crippen LogP contribution is 2.19. The van der Waals surface area contributed by atoms with Crippen LogP contribution in [0.25, 0.3) is 11.0 Å². The van der Waals surface area contributed by atoms with Gasteiger partial charge in [0.15, 0.2) is 11.6 Å². The quantitative estimate of drug-likeness (QED) is 0.819. The number of rotatable bonds is 2. The van der Waals surface area contributed by atoms with Gasteiger partial charge in [0.2, 0.25) is 0 Å². The van der Waals surface area contributed by atoms with Gasteiger partial charge in [-0.2, -0.15) is 0 Å². The summed E-state index contributed by atoms with van der Waals surface area (Å²) in [6.07, 6.45) is 0. The average molecular weight is 211 g/mol. The van der Waals surface area contributed by atoms with Crippen molar-refractivity contribution in [1.82, 2.24) is 9.55 Å². The molecule has 0 aliphatic carbocycles. The van der Waals surface area contributed by atoms with Gasteiger partial charge in [0.05, 0.1) is 11.0 Å². The Labute approximate surface area is 85.5 Å². The van der Waals surface area contributed by atoms with E-state index in [4.69, 9.17) is 5.73 Å². The summed E-state index contributed by atoms with van der Waals surface area (Å²) < 4.78 is 27.7. The molecule has 0 bridgehead atoms. The number of aromatic nitrogens is 2. The van der Waals surface area contributed by atoms with E-state index in [2.05, 4.69) is 4.98 Å². The number of aryl methyl sites for hydroxylation is 1. The van der Waals surface area contributed by atoms with Crippen molar-refractivity contribution in [3.05, 3.63) is 29.6 Å². The first-order chi connectivity index (χ1) is 7.13. The van der Waals surface area contributed by atoms with Crippen LogP contribution in [0.1, 0.15) is 5.82 Å². The fourth-order valence-electron chi connectivity index (χ4n) is 1.65. The second kappa shape index (κ2) is 3.58. The van der Waals surface area contributed by atoms with Crippen LogP contribution in [-0.2, 0) is 6.54 Å². The van der Waals surface area contributed by atoms with Gasteiger partial charge in [-0.3, -0.25) is 0 Å². The van der Waals surface area contributed by atoms with E-state index in [1.807, 2.05) is 0 Å². The van der Waals surface area contributed by atoms with Crippen molar-refractivity contribution < 1.29 is 8.78 Å². The molecule has 5 heteroatoms. The summed E-state index contributed by atoms with van der Waals surface area (Å²) in [5, 5.41) is 0. The molecule has 3 nitrogen and oxygen atoms in total. The number of halogens is 2. The zero-order valence-electron chi connectivity index (χ0n) is 8.30. The third kappa shape index (κ3) is 1.59. The van der Waals surface area contributed by atoms with Crippen molar-refractivity contribution in [1.29, 1.82) is 0 Å².